The van der Waals surface area contributed by atoms with Crippen molar-refractivity contribution in [1.82, 2.24) is 10.2 Å². The maximum Gasteiger partial charge on any atom is 0.344 e. The Bertz CT molecular complexity index is 798. The number of nitrogens with two attached hydrogens (primary N) is 1. The quantitative estimate of drug-likeness (QED) is 0.241. The van der Waals surface area contributed by atoms with Gasteiger partial charge in [-0.2, -0.15) is 4.99 Å². The molecule has 1 aliphatic carbocycles. The zero-order valence-corrected chi connectivity index (χ0v) is 17.5. The van der Waals surface area contributed by atoms with Gasteiger partial charge < -0.3 is 10.2 Å². The van der Waals surface area contributed by atoms with E-state index in [0.717, 1.165) is 31.2 Å². The van der Waals surface area contributed by atoms with Crippen LogP contribution in [0.15, 0.2) is 27.6 Å². The van der Waals surface area contributed by atoms with Gasteiger partial charge in [0.2, 0.25) is 0 Å². The molecule has 1 aliphatic rings. The van der Waals surface area contributed by atoms with Crippen molar-refractivity contribution in [3.05, 3.63) is 29.6 Å². The van der Waals surface area contributed by atoms with E-state index in [-0.39, 0.29) is 17.7 Å². The van der Waals surface area contributed by atoms with Crippen LogP contribution in [0.4, 0.5) is 10.4 Å². The van der Waals surface area contributed by atoms with Crippen LogP contribution in [0.3, 0.4) is 0 Å². The third-order valence-corrected chi connectivity index (χ3v) is 5.46. The van der Waals surface area contributed by atoms with Gasteiger partial charge in [0, 0.05) is 5.92 Å². The number of benzene rings is 1. The zero-order valence-electron chi connectivity index (χ0n) is 17.5. The molecule has 158 valence electrons. The third kappa shape index (κ3) is 6.94. The third-order valence-electron chi connectivity index (χ3n) is 5.46. The lowest BCUT2D eigenvalue weighted by molar-refractivity contribution is 0.562. The van der Waals surface area contributed by atoms with Crippen LogP contribution in [-0.4, -0.2) is 16.0 Å². The molecule has 1 fully saturated rings. The van der Waals surface area contributed by atoms with Crippen molar-refractivity contribution in [3.63, 3.8) is 0 Å². The average Bonchev–Trinajstić information content (AvgIpc) is 3.48. The van der Waals surface area contributed by atoms with E-state index in [1.54, 1.807) is 0 Å². The van der Waals surface area contributed by atoms with Gasteiger partial charge in [0.25, 0.3) is 5.89 Å². The van der Waals surface area contributed by atoms with E-state index in [1.165, 1.54) is 57.4 Å². The lowest BCUT2D eigenvalue weighted by atomic mass is 10.0. The predicted octanol–water partition coefficient (Wildman–Crippen LogP) is 6.35. The van der Waals surface area contributed by atoms with Crippen molar-refractivity contribution in [2.24, 2.45) is 16.6 Å². The van der Waals surface area contributed by atoms with Crippen LogP contribution in [0, 0.1) is 11.7 Å². The Morgan fingerprint density at radius 1 is 1.07 bits per heavy atom. The number of halogens is 1. The molecule has 0 saturated heterocycles. The molecule has 1 saturated carbocycles. The number of nitrogens with zero attached hydrogens (tertiary/aromatic N) is 3. The highest BCUT2D eigenvalue weighted by molar-refractivity contribution is 5.86. The summed E-state index contributed by atoms with van der Waals surface area (Å²) in [6.07, 6.45) is 14.6. The van der Waals surface area contributed by atoms with Crippen molar-refractivity contribution in [2.75, 3.05) is 0 Å². The molecule has 0 unspecified atom stereocenters. The Morgan fingerprint density at radius 3 is 2.45 bits per heavy atom. The minimum atomic E-state index is -0.366. The zero-order chi connectivity index (χ0) is 20.5. The van der Waals surface area contributed by atoms with Gasteiger partial charge >= 0.3 is 6.01 Å². The van der Waals surface area contributed by atoms with Gasteiger partial charge in [-0.3, -0.25) is 0 Å². The standard InChI is InChI=1S/C23H33FN4O/c1-2-3-4-5-6-7-8-9-10-11-17-12-15-20(24)19(16-17)22-27-28-23(29-22)26-21(25)18-13-14-18/h12,15-16,18H,2-11,13-14H2,1H3,(H2,25,26,28). The van der Waals surface area contributed by atoms with Crippen LogP contribution in [0.5, 0.6) is 0 Å². The molecule has 3 rings (SSSR count). The summed E-state index contributed by atoms with van der Waals surface area (Å²) in [4.78, 5) is 4.15. The second-order valence-corrected chi connectivity index (χ2v) is 8.09. The van der Waals surface area contributed by atoms with Gasteiger partial charge in [0.15, 0.2) is 0 Å². The minimum Gasteiger partial charge on any atom is -0.402 e. The summed E-state index contributed by atoms with van der Waals surface area (Å²) in [5.74, 6) is 0.621. The first-order valence-corrected chi connectivity index (χ1v) is 11.1. The van der Waals surface area contributed by atoms with Crippen LogP contribution in [0.2, 0.25) is 0 Å². The van der Waals surface area contributed by atoms with Crippen LogP contribution in [-0.2, 0) is 6.42 Å². The molecule has 1 aromatic carbocycles. The fraction of sp³-hybridized carbons (Fsp3) is 0.609. The van der Waals surface area contributed by atoms with E-state index >= 15 is 0 Å². The van der Waals surface area contributed by atoms with Crippen molar-refractivity contribution >= 4 is 11.9 Å². The SMILES string of the molecule is CCCCCCCCCCCc1ccc(F)c(-c2nnc(/N=C(\N)C3CC3)o2)c1. The summed E-state index contributed by atoms with van der Waals surface area (Å²) < 4.78 is 19.8. The molecule has 0 radical (unpaired) electrons. The highest BCUT2D eigenvalue weighted by atomic mass is 19.1. The molecule has 0 aliphatic heterocycles. The monoisotopic (exact) mass is 400 g/mol. The number of hydrogen-bond acceptors (Lipinski definition) is 4. The molecular weight excluding hydrogens is 367 g/mol. The van der Waals surface area contributed by atoms with Crippen molar-refractivity contribution in [3.8, 4) is 11.5 Å². The first-order valence-electron chi connectivity index (χ1n) is 11.1. The Hall–Kier alpha value is -2.24. The number of unbranched alkanes of at least 4 members (excludes halogenated alkanes) is 8. The molecule has 2 N–H and O–H groups in total. The topological polar surface area (TPSA) is 77.3 Å². The van der Waals surface area contributed by atoms with Gasteiger partial charge in [-0.25, -0.2) is 4.39 Å². The van der Waals surface area contributed by atoms with E-state index in [2.05, 4.69) is 22.1 Å². The van der Waals surface area contributed by atoms with Gasteiger partial charge in [0.1, 0.15) is 11.7 Å². The fourth-order valence-corrected chi connectivity index (χ4v) is 3.48. The molecule has 0 amide bonds. The predicted molar refractivity (Wildman–Crippen MR) is 115 cm³/mol. The molecule has 0 spiro atoms. The number of aliphatic imine (C=N–C) groups is 1. The maximum atomic E-state index is 14.3. The number of amidine groups is 1. The molecule has 5 nitrogen and oxygen atoms in total. The second kappa shape index (κ2) is 11.1. The van der Waals surface area contributed by atoms with Gasteiger partial charge in [-0.05, 0) is 43.4 Å². The van der Waals surface area contributed by atoms with E-state index in [1.807, 2.05) is 12.1 Å². The maximum absolute atomic E-state index is 14.3. The first-order chi connectivity index (χ1) is 14.2. The van der Waals surface area contributed by atoms with Gasteiger partial charge in [0.05, 0.1) is 5.56 Å². The molecule has 29 heavy (non-hydrogen) atoms. The van der Waals surface area contributed by atoms with Crippen LogP contribution >= 0.6 is 0 Å². The second-order valence-electron chi connectivity index (χ2n) is 8.09. The summed E-state index contributed by atoms with van der Waals surface area (Å²) in [6, 6.07) is 5.22. The lowest BCUT2D eigenvalue weighted by Gasteiger charge is -2.05. The van der Waals surface area contributed by atoms with E-state index in [0.29, 0.717) is 17.3 Å². The molecule has 1 aromatic heterocycles. The first kappa shape index (κ1) is 21.5. The Balaban J connectivity index is 1.47. The fourth-order valence-electron chi connectivity index (χ4n) is 3.48. The highest BCUT2D eigenvalue weighted by Gasteiger charge is 2.26. The Morgan fingerprint density at radius 2 is 1.76 bits per heavy atom. The summed E-state index contributed by atoms with van der Waals surface area (Å²) >= 11 is 0. The van der Waals surface area contributed by atoms with Crippen molar-refractivity contribution in [1.29, 1.82) is 0 Å². The summed E-state index contributed by atoms with van der Waals surface area (Å²) in [7, 11) is 0. The Labute approximate surface area is 173 Å². The van der Waals surface area contributed by atoms with Gasteiger partial charge in [-0.1, -0.05) is 69.5 Å². The van der Waals surface area contributed by atoms with Crippen LogP contribution in [0.25, 0.3) is 11.5 Å². The largest absolute Gasteiger partial charge is 0.402 e. The lowest BCUT2D eigenvalue weighted by Crippen LogP contribution is -2.13. The number of aromatic nitrogens is 2. The van der Waals surface area contributed by atoms with E-state index in [4.69, 9.17) is 10.2 Å². The molecule has 1 heterocycles. The summed E-state index contributed by atoms with van der Waals surface area (Å²) in [5, 5.41) is 7.84. The Kier molecular flexibility index (Phi) is 8.20. The number of aryl methyl sites for hydroxylation is 1. The molecule has 0 bridgehead atoms. The van der Waals surface area contributed by atoms with Crippen LogP contribution in [0.1, 0.15) is 83.1 Å². The minimum absolute atomic E-state index is 0.0909. The highest BCUT2D eigenvalue weighted by Crippen LogP contribution is 2.31. The summed E-state index contributed by atoms with van der Waals surface area (Å²) in [5.41, 5.74) is 7.30. The van der Waals surface area contributed by atoms with Crippen molar-refractivity contribution < 1.29 is 8.81 Å². The molecule has 6 heteroatoms. The van der Waals surface area contributed by atoms with Crippen LogP contribution < -0.4 is 5.73 Å². The molecule has 0 atom stereocenters. The average molecular weight is 401 g/mol. The number of rotatable bonds is 13. The normalized spacial score (nSPS) is 14.5. The molecule has 2 aromatic rings. The number of hydrogen-bond donors (Lipinski definition) is 1. The van der Waals surface area contributed by atoms with Crippen molar-refractivity contribution in [2.45, 2.75) is 84.0 Å². The van der Waals surface area contributed by atoms with Gasteiger partial charge in [-0.15, -0.1) is 5.10 Å². The van der Waals surface area contributed by atoms with E-state index < -0.39 is 0 Å². The smallest absolute Gasteiger partial charge is 0.344 e. The molecular formula is C23H33FN4O. The van der Waals surface area contributed by atoms with E-state index in [9.17, 15) is 4.39 Å². The summed E-state index contributed by atoms with van der Waals surface area (Å²) in [6.45, 7) is 2.25.